The maximum absolute atomic E-state index is 10.9. The fraction of sp³-hybridized carbons (Fsp3) is 0.917. The monoisotopic (exact) mass is 215 g/mol. The number of nitrogens with one attached hydrogen (secondary N) is 1. The molecule has 3 nitrogen and oxygen atoms in total. The quantitative estimate of drug-likeness (QED) is 0.663. The Bertz CT molecular complexity index is 190. The predicted molar refractivity (Wildman–Crippen MR) is 62.8 cm³/mol. The summed E-state index contributed by atoms with van der Waals surface area (Å²) in [5.41, 5.74) is 0.0318. The van der Waals surface area contributed by atoms with Gasteiger partial charge in [0.2, 0.25) is 0 Å². The number of ether oxygens (including phenoxy) is 1. The van der Waals surface area contributed by atoms with Gasteiger partial charge in [0.05, 0.1) is 0 Å². The van der Waals surface area contributed by atoms with Gasteiger partial charge in [-0.1, -0.05) is 20.3 Å². The van der Waals surface area contributed by atoms with Crippen LogP contribution in [-0.4, -0.2) is 24.2 Å². The highest BCUT2D eigenvalue weighted by Gasteiger charge is 2.23. The highest BCUT2D eigenvalue weighted by Crippen LogP contribution is 2.17. The van der Waals surface area contributed by atoms with Gasteiger partial charge in [0.1, 0.15) is 6.10 Å². The first kappa shape index (κ1) is 14.4. The van der Waals surface area contributed by atoms with Crippen LogP contribution in [0.5, 0.6) is 0 Å². The number of esters is 1. The summed E-state index contributed by atoms with van der Waals surface area (Å²) in [7, 11) is 0. The van der Waals surface area contributed by atoms with Crippen molar-refractivity contribution < 1.29 is 9.53 Å². The zero-order valence-electron chi connectivity index (χ0n) is 10.7. The van der Waals surface area contributed by atoms with Crippen molar-refractivity contribution in [3.8, 4) is 0 Å². The van der Waals surface area contributed by atoms with Gasteiger partial charge in [0, 0.05) is 18.9 Å². The molecule has 1 atom stereocenters. The minimum atomic E-state index is -0.180. The summed E-state index contributed by atoms with van der Waals surface area (Å²) < 4.78 is 5.29. The first-order valence-corrected chi connectivity index (χ1v) is 5.83. The van der Waals surface area contributed by atoms with Crippen LogP contribution in [0.2, 0.25) is 0 Å². The van der Waals surface area contributed by atoms with Crippen LogP contribution in [0, 0.1) is 0 Å². The molecule has 0 aromatic rings. The summed E-state index contributed by atoms with van der Waals surface area (Å²) in [6.45, 7) is 10.9. The maximum atomic E-state index is 10.9. The summed E-state index contributed by atoms with van der Waals surface area (Å²) in [4.78, 5) is 10.9. The van der Waals surface area contributed by atoms with Crippen LogP contribution >= 0.6 is 0 Å². The standard InChI is InChI=1S/C12H25NO2/c1-6-8-11(15-10(3)14)9-12(4,5)13-7-2/h11,13H,6-9H2,1-5H3. The van der Waals surface area contributed by atoms with E-state index in [2.05, 4.69) is 33.0 Å². The van der Waals surface area contributed by atoms with Gasteiger partial charge < -0.3 is 10.1 Å². The molecule has 0 aliphatic rings. The summed E-state index contributed by atoms with van der Waals surface area (Å²) in [5.74, 6) is -0.180. The van der Waals surface area contributed by atoms with Crippen molar-refractivity contribution in [1.29, 1.82) is 0 Å². The molecule has 0 rings (SSSR count). The Morgan fingerprint density at radius 2 is 2.00 bits per heavy atom. The third kappa shape index (κ3) is 7.37. The van der Waals surface area contributed by atoms with Gasteiger partial charge in [-0.15, -0.1) is 0 Å². The van der Waals surface area contributed by atoms with Gasteiger partial charge in [-0.25, -0.2) is 0 Å². The van der Waals surface area contributed by atoms with Gasteiger partial charge >= 0.3 is 5.97 Å². The zero-order chi connectivity index (χ0) is 11.9. The number of carbonyl (C=O) groups is 1. The molecule has 15 heavy (non-hydrogen) atoms. The number of rotatable bonds is 7. The van der Waals surface area contributed by atoms with E-state index in [1.165, 1.54) is 6.92 Å². The van der Waals surface area contributed by atoms with Crippen LogP contribution in [0.1, 0.15) is 53.9 Å². The van der Waals surface area contributed by atoms with Crippen LogP contribution < -0.4 is 5.32 Å². The van der Waals surface area contributed by atoms with Crippen molar-refractivity contribution in [3.63, 3.8) is 0 Å². The second-order valence-electron chi connectivity index (χ2n) is 4.64. The molecule has 0 aromatic carbocycles. The lowest BCUT2D eigenvalue weighted by Crippen LogP contribution is -2.42. The largest absolute Gasteiger partial charge is 0.462 e. The third-order valence-electron chi connectivity index (χ3n) is 2.34. The van der Waals surface area contributed by atoms with E-state index in [9.17, 15) is 4.79 Å². The van der Waals surface area contributed by atoms with Crippen molar-refractivity contribution in [3.05, 3.63) is 0 Å². The molecule has 0 amide bonds. The summed E-state index contributed by atoms with van der Waals surface area (Å²) in [6, 6.07) is 0. The molecule has 0 spiro atoms. The number of hydrogen-bond donors (Lipinski definition) is 1. The molecule has 0 radical (unpaired) electrons. The fourth-order valence-electron chi connectivity index (χ4n) is 1.88. The second-order valence-corrected chi connectivity index (χ2v) is 4.64. The molecule has 1 N–H and O–H groups in total. The van der Waals surface area contributed by atoms with Gasteiger partial charge in [-0.3, -0.25) is 4.79 Å². The fourth-order valence-corrected chi connectivity index (χ4v) is 1.88. The van der Waals surface area contributed by atoms with Crippen LogP contribution in [0.15, 0.2) is 0 Å². The lowest BCUT2D eigenvalue weighted by Gasteiger charge is -2.30. The molecule has 3 heteroatoms. The summed E-state index contributed by atoms with van der Waals surface area (Å²) in [5, 5.41) is 3.39. The van der Waals surface area contributed by atoms with Crippen molar-refractivity contribution in [1.82, 2.24) is 5.32 Å². The van der Waals surface area contributed by atoms with Gasteiger partial charge in [0.15, 0.2) is 0 Å². The smallest absolute Gasteiger partial charge is 0.302 e. The van der Waals surface area contributed by atoms with Crippen LogP contribution in [-0.2, 0) is 9.53 Å². The average Bonchev–Trinajstić information content (AvgIpc) is 2.01. The van der Waals surface area contributed by atoms with E-state index in [0.29, 0.717) is 0 Å². The lowest BCUT2D eigenvalue weighted by atomic mass is 9.94. The van der Waals surface area contributed by atoms with E-state index in [-0.39, 0.29) is 17.6 Å². The zero-order valence-corrected chi connectivity index (χ0v) is 10.7. The minimum Gasteiger partial charge on any atom is -0.462 e. The lowest BCUT2D eigenvalue weighted by molar-refractivity contribution is -0.147. The topological polar surface area (TPSA) is 38.3 Å². The number of carbonyl (C=O) groups excluding carboxylic acids is 1. The molecule has 0 heterocycles. The normalized spacial score (nSPS) is 13.7. The third-order valence-corrected chi connectivity index (χ3v) is 2.34. The van der Waals surface area contributed by atoms with Crippen molar-refractivity contribution >= 4 is 5.97 Å². The van der Waals surface area contributed by atoms with E-state index < -0.39 is 0 Å². The minimum absolute atomic E-state index is 0.0318. The Kier molecular flexibility index (Phi) is 6.57. The second kappa shape index (κ2) is 6.83. The van der Waals surface area contributed by atoms with Crippen molar-refractivity contribution in [2.75, 3.05) is 6.54 Å². The Balaban J connectivity index is 4.19. The van der Waals surface area contributed by atoms with E-state index in [1.807, 2.05) is 0 Å². The summed E-state index contributed by atoms with van der Waals surface area (Å²) in [6.07, 6.45) is 2.89. The molecule has 0 saturated carbocycles. The maximum Gasteiger partial charge on any atom is 0.302 e. The summed E-state index contributed by atoms with van der Waals surface area (Å²) >= 11 is 0. The molecule has 1 unspecified atom stereocenters. The van der Waals surface area contributed by atoms with Crippen LogP contribution in [0.25, 0.3) is 0 Å². The van der Waals surface area contributed by atoms with Gasteiger partial charge in [0.25, 0.3) is 0 Å². The van der Waals surface area contributed by atoms with E-state index in [0.717, 1.165) is 25.8 Å². The molecule has 90 valence electrons. The SMILES string of the molecule is CCCC(CC(C)(C)NCC)OC(C)=O. The molecule has 0 aromatic heterocycles. The molecular formula is C12H25NO2. The average molecular weight is 215 g/mol. The molecule has 0 aliphatic carbocycles. The molecular weight excluding hydrogens is 190 g/mol. The predicted octanol–water partition coefficient (Wildman–Crippen LogP) is 2.50. The Morgan fingerprint density at radius 3 is 2.40 bits per heavy atom. The first-order valence-electron chi connectivity index (χ1n) is 5.83. The van der Waals surface area contributed by atoms with Gasteiger partial charge in [-0.05, 0) is 26.8 Å². The van der Waals surface area contributed by atoms with Crippen LogP contribution in [0.3, 0.4) is 0 Å². The van der Waals surface area contributed by atoms with E-state index in [4.69, 9.17) is 4.74 Å². The molecule has 0 saturated heterocycles. The molecule has 0 bridgehead atoms. The van der Waals surface area contributed by atoms with Crippen molar-refractivity contribution in [2.24, 2.45) is 0 Å². The first-order chi connectivity index (χ1) is 6.91. The number of hydrogen-bond acceptors (Lipinski definition) is 3. The Hall–Kier alpha value is -0.570. The highest BCUT2D eigenvalue weighted by atomic mass is 16.5. The van der Waals surface area contributed by atoms with Crippen LogP contribution in [0.4, 0.5) is 0 Å². The van der Waals surface area contributed by atoms with E-state index in [1.54, 1.807) is 0 Å². The molecule has 0 fully saturated rings. The van der Waals surface area contributed by atoms with E-state index >= 15 is 0 Å². The van der Waals surface area contributed by atoms with Gasteiger partial charge in [-0.2, -0.15) is 0 Å². The Labute approximate surface area is 93.6 Å². The Morgan fingerprint density at radius 1 is 1.40 bits per heavy atom. The van der Waals surface area contributed by atoms with Crippen molar-refractivity contribution in [2.45, 2.75) is 65.5 Å². The molecule has 0 aliphatic heterocycles. The highest BCUT2D eigenvalue weighted by molar-refractivity contribution is 5.66.